The Morgan fingerprint density at radius 1 is 1.10 bits per heavy atom. The van der Waals surface area contributed by atoms with E-state index in [4.69, 9.17) is 9.47 Å². The highest BCUT2D eigenvalue weighted by Crippen LogP contribution is 2.41. The molecule has 1 saturated heterocycles. The van der Waals surface area contributed by atoms with Crippen molar-refractivity contribution in [1.29, 1.82) is 0 Å². The summed E-state index contributed by atoms with van der Waals surface area (Å²) >= 11 is 0. The maximum atomic E-state index is 12.9. The van der Waals surface area contributed by atoms with E-state index in [2.05, 4.69) is 37.3 Å². The lowest BCUT2D eigenvalue weighted by atomic mass is 10.1. The van der Waals surface area contributed by atoms with E-state index in [0.29, 0.717) is 40.9 Å². The Morgan fingerprint density at radius 3 is 2.58 bits per heavy atom. The number of ketones is 1. The van der Waals surface area contributed by atoms with Crippen LogP contribution in [0, 0.1) is 0 Å². The van der Waals surface area contributed by atoms with Gasteiger partial charge in [0.25, 0.3) is 0 Å². The molecule has 208 valence electrons. The lowest BCUT2D eigenvalue weighted by molar-refractivity contribution is 0.0988. The molecule has 0 spiro atoms. The van der Waals surface area contributed by atoms with Gasteiger partial charge in [0.1, 0.15) is 29.8 Å². The monoisotopic (exact) mass is 542 g/mol. The third-order valence-corrected chi connectivity index (χ3v) is 6.91. The number of Topliss-reactive ketones (excluding diaryl/α,β-unsaturated/α-hetero) is 1. The van der Waals surface area contributed by atoms with Gasteiger partial charge < -0.3 is 24.6 Å². The third kappa shape index (κ3) is 5.74. The van der Waals surface area contributed by atoms with E-state index in [9.17, 15) is 4.79 Å². The van der Waals surface area contributed by atoms with Crippen molar-refractivity contribution < 1.29 is 14.3 Å². The third-order valence-electron chi connectivity index (χ3n) is 6.91. The van der Waals surface area contributed by atoms with Crippen LogP contribution in [0.5, 0.6) is 11.5 Å². The molecule has 3 aromatic heterocycles. The maximum absolute atomic E-state index is 12.9. The number of nitrogens with zero attached hydrogens (tertiary/aromatic N) is 7. The molecule has 4 heterocycles. The summed E-state index contributed by atoms with van der Waals surface area (Å²) in [5.74, 6) is 3.04. The van der Waals surface area contributed by atoms with E-state index in [0.717, 1.165) is 36.5 Å². The fraction of sp³-hybridized carbons (Fsp3) is 0.345. The quantitative estimate of drug-likeness (QED) is 0.288. The van der Waals surface area contributed by atoms with Gasteiger partial charge in [-0.3, -0.25) is 9.48 Å². The largest absolute Gasteiger partial charge is 0.494 e. The smallest absolute Gasteiger partial charge is 0.184 e. The first-order valence-corrected chi connectivity index (χ1v) is 13.2. The zero-order valence-corrected chi connectivity index (χ0v) is 23.5. The van der Waals surface area contributed by atoms with Crippen LogP contribution < -0.4 is 19.7 Å². The van der Waals surface area contributed by atoms with Crippen LogP contribution in [0.4, 0.5) is 23.0 Å². The second kappa shape index (κ2) is 11.7. The van der Waals surface area contributed by atoms with Crippen LogP contribution in [-0.4, -0.2) is 75.8 Å². The van der Waals surface area contributed by atoms with Gasteiger partial charge in [0.05, 0.1) is 35.8 Å². The molecule has 1 aliphatic heterocycles. The Kier molecular flexibility index (Phi) is 7.92. The fourth-order valence-electron chi connectivity index (χ4n) is 4.81. The Labute approximate surface area is 233 Å². The molecular formula is C29H34N8O3. The van der Waals surface area contributed by atoms with Crippen molar-refractivity contribution in [3.63, 3.8) is 0 Å². The molecule has 4 aromatic rings. The molecular weight excluding hydrogens is 508 g/mol. The average molecular weight is 543 g/mol. The van der Waals surface area contributed by atoms with E-state index in [1.807, 2.05) is 62.3 Å². The van der Waals surface area contributed by atoms with Gasteiger partial charge in [0.2, 0.25) is 0 Å². The maximum Gasteiger partial charge on any atom is 0.184 e. The van der Waals surface area contributed by atoms with Gasteiger partial charge in [-0.1, -0.05) is 13.0 Å². The highest BCUT2D eigenvalue weighted by molar-refractivity contribution is 6.02. The van der Waals surface area contributed by atoms with Gasteiger partial charge in [0, 0.05) is 45.9 Å². The molecule has 1 aliphatic rings. The zero-order valence-electron chi connectivity index (χ0n) is 23.5. The van der Waals surface area contributed by atoms with Crippen LogP contribution in [0.2, 0.25) is 0 Å². The number of ether oxygens (including phenoxy) is 2. The molecule has 0 bridgehead atoms. The van der Waals surface area contributed by atoms with Gasteiger partial charge in [-0.15, -0.1) is 0 Å². The van der Waals surface area contributed by atoms with Crippen molar-refractivity contribution in [3.8, 4) is 22.9 Å². The molecule has 0 radical (unpaired) electrons. The standard InChI is InChI=1S/C29H34N8O3/c1-6-25(38)22-16-31-27(33-26-11-10-19(15-30-26)40-20-12-13-35(2)17-20)14-24(22)37(4)23-9-7-8-21(28(23)39-5)29-32-18-36(3)34-29/h7-11,14-16,18,20H,6,12-13,17H2,1-5H3,(H,30,31,33)/t20-/m0/s1. The second-order valence-electron chi connectivity index (χ2n) is 9.82. The molecule has 1 atom stereocenters. The number of carbonyl (C=O) groups excluding carboxylic acids is 1. The number of nitrogens with one attached hydrogen (secondary N) is 1. The second-order valence-corrected chi connectivity index (χ2v) is 9.82. The highest BCUT2D eigenvalue weighted by Gasteiger charge is 2.23. The average Bonchev–Trinajstić information content (AvgIpc) is 3.60. The molecule has 0 unspecified atom stereocenters. The van der Waals surface area contributed by atoms with Gasteiger partial charge in [0.15, 0.2) is 17.4 Å². The van der Waals surface area contributed by atoms with E-state index < -0.39 is 0 Å². The van der Waals surface area contributed by atoms with Gasteiger partial charge in [-0.05, 0) is 37.7 Å². The number of pyridine rings is 2. The molecule has 0 amide bonds. The summed E-state index contributed by atoms with van der Waals surface area (Å²) in [6.07, 6.45) is 6.49. The van der Waals surface area contributed by atoms with Gasteiger partial charge in [-0.25, -0.2) is 15.0 Å². The molecule has 40 heavy (non-hydrogen) atoms. The number of benzene rings is 1. The van der Waals surface area contributed by atoms with Crippen LogP contribution >= 0.6 is 0 Å². The Hall–Kier alpha value is -4.51. The first kappa shape index (κ1) is 27.1. The van der Waals surface area contributed by atoms with Crippen LogP contribution in [0.15, 0.2) is 55.1 Å². The summed E-state index contributed by atoms with van der Waals surface area (Å²) in [7, 11) is 7.42. The zero-order chi connectivity index (χ0) is 28.2. The van der Waals surface area contributed by atoms with Crippen molar-refractivity contribution in [3.05, 3.63) is 60.7 Å². The highest BCUT2D eigenvalue weighted by atomic mass is 16.5. The number of methoxy groups -OCH3 is 1. The van der Waals surface area contributed by atoms with Crippen LogP contribution in [0.3, 0.4) is 0 Å². The Morgan fingerprint density at radius 2 is 1.93 bits per heavy atom. The van der Waals surface area contributed by atoms with Crippen molar-refractivity contribution in [1.82, 2.24) is 29.6 Å². The lowest BCUT2D eigenvalue weighted by Crippen LogP contribution is -2.21. The van der Waals surface area contributed by atoms with Crippen LogP contribution in [-0.2, 0) is 7.05 Å². The van der Waals surface area contributed by atoms with Crippen LogP contribution in [0.25, 0.3) is 11.4 Å². The fourth-order valence-corrected chi connectivity index (χ4v) is 4.81. The Balaban J connectivity index is 1.43. The topological polar surface area (TPSA) is 111 Å². The number of anilines is 4. The summed E-state index contributed by atoms with van der Waals surface area (Å²) < 4.78 is 13.5. The summed E-state index contributed by atoms with van der Waals surface area (Å²) in [5, 5.41) is 7.69. The minimum Gasteiger partial charge on any atom is -0.494 e. The molecule has 5 rings (SSSR count). The van der Waals surface area contributed by atoms with E-state index >= 15 is 0 Å². The van der Waals surface area contributed by atoms with Crippen molar-refractivity contribution in [2.75, 3.05) is 44.5 Å². The molecule has 0 aliphatic carbocycles. The summed E-state index contributed by atoms with van der Waals surface area (Å²) in [6, 6.07) is 11.4. The molecule has 1 aromatic carbocycles. The van der Waals surface area contributed by atoms with Gasteiger partial charge in [-0.2, -0.15) is 5.10 Å². The number of para-hydroxylation sites is 1. The van der Waals surface area contributed by atoms with Crippen molar-refractivity contribution in [2.45, 2.75) is 25.9 Å². The Bertz CT molecular complexity index is 1490. The number of rotatable bonds is 10. The van der Waals surface area contributed by atoms with Crippen molar-refractivity contribution >= 4 is 28.8 Å². The van der Waals surface area contributed by atoms with E-state index in [-0.39, 0.29) is 11.9 Å². The molecule has 11 heteroatoms. The molecule has 1 fully saturated rings. The number of likely N-dealkylation sites (N-methyl/N-ethyl adjacent to an activating group) is 1. The SMILES string of the molecule is CCC(=O)c1cnc(Nc2ccc(O[C@H]3CCN(C)C3)cn2)cc1N(C)c1cccc(-c2ncn(C)n2)c1OC. The summed E-state index contributed by atoms with van der Waals surface area (Å²) in [6.45, 7) is 3.78. The summed E-state index contributed by atoms with van der Waals surface area (Å²) in [4.78, 5) is 30.5. The minimum atomic E-state index is -0.0143. The summed E-state index contributed by atoms with van der Waals surface area (Å²) in [5.41, 5.74) is 2.70. The first-order valence-electron chi connectivity index (χ1n) is 13.2. The van der Waals surface area contributed by atoms with Gasteiger partial charge >= 0.3 is 0 Å². The van der Waals surface area contributed by atoms with E-state index in [1.54, 1.807) is 30.5 Å². The van der Waals surface area contributed by atoms with Crippen molar-refractivity contribution in [2.24, 2.45) is 7.05 Å². The van der Waals surface area contributed by atoms with Crippen LogP contribution in [0.1, 0.15) is 30.1 Å². The number of likely N-dealkylation sites (tertiary alicyclic amines) is 1. The molecule has 11 nitrogen and oxygen atoms in total. The number of aromatic nitrogens is 5. The predicted molar refractivity (Wildman–Crippen MR) is 154 cm³/mol. The normalized spacial score (nSPS) is 15.2. The number of hydrogen-bond donors (Lipinski definition) is 1. The number of carbonyl (C=O) groups is 1. The number of hydrogen-bond acceptors (Lipinski definition) is 10. The first-order chi connectivity index (χ1) is 19.4. The number of aryl methyl sites for hydroxylation is 1. The minimum absolute atomic E-state index is 0.0143. The molecule has 1 N–H and O–H groups in total. The predicted octanol–water partition coefficient (Wildman–Crippen LogP) is 4.47. The van der Waals surface area contributed by atoms with E-state index in [1.165, 1.54) is 0 Å². The lowest BCUT2D eigenvalue weighted by Gasteiger charge is -2.25. The molecule has 0 saturated carbocycles.